The predicted octanol–water partition coefficient (Wildman–Crippen LogP) is -7.57. The number of rotatable bonds is 8. The minimum Gasteiger partial charge on any atom is -0.394 e. The lowest BCUT2D eigenvalue weighted by Crippen LogP contribution is -2.64. The molecule has 3 fully saturated rings. The van der Waals surface area contributed by atoms with Crippen LogP contribution in [0.4, 0.5) is 0 Å². The molecule has 0 radical (unpaired) electrons. The van der Waals surface area contributed by atoms with Gasteiger partial charge in [-0.15, -0.1) is 0 Å². The fraction of sp³-hybridized carbons (Fsp3) is 1.00. The van der Waals surface area contributed by atoms with Gasteiger partial charge in [0.1, 0.15) is 73.8 Å². The van der Waals surface area contributed by atoms with Crippen LogP contribution in [0.2, 0.25) is 0 Å². The highest BCUT2D eigenvalue weighted by Gasteiger charge is 2.61. The fourth-order valence-corrected chi connectivity index (χ4v) is 4.12. The zero-order valence-electron chi connectivity index (χ0n) is 17.8. The Balaban J connectivity index is 1.87. The van der Waals surface area contributed by atoms with Gasteiger partial charge >= 0.3 is 0 Å². The molecule has 11 N–H and O–H groups in total. The molecule has 16 nitrogen and oxygen atoms in total. The molecule has 0 saturated carbocycles. The van der Waals surface area contributed by atoms with Gasteiger partial charge in [-0.05, 0) is 0 Å². The van der Waals surface area contributed by atoms with Crippen LogP contribution < -0.4 is 0 Å². The molecule has 3 aliphatic rings. The lowest BCUT2D eigenvalue weighted by Gasteiger charge is -2.45. The number of hydrogen-bond donors (Lipinski definition) is 11. The highest BCUT2D eigenvalue weighted by Crippen LogP contribution is 2.39. The van der Waals surface area contributed by atoms with Gasteiger partial charge in [-0.2, -0.15) is 0 Å². The van der Waals surface area contributed by atoms with E-state index < -0.39 is 112 Å². The summed E-state index contributed by atoms with van der Waals surface area (Å²) in [5.41, 5.74) is 0. The third-order valence-electron chi connectivity index (χ3n) is 6.17. The smallest absolute Gasteiger partial charge is 0.224 e. The summed E-state index contributed by atoms with van der Waals surface area (Å²) in [7, 11) is 0. The molecule has 16 heteroatoms. The van der Waals surface area contributed by atoms with Crippen LogP contribution in [0.3, 0.4) is 0 Å². The lowest BCUT2D eigenvalue weighted by atomic mass is 9.98. The van der Waals surface area contributed by atoms with Crippen molar-refractivity contribution in [1.29, 1.82) is 0 Å². The van der Waals surface area contributed by atoms with Gasteiger partial charge in [0.05, 0.1) is 19.8 Å². The van der Waals surface area contributed by atoms with Crippen LogP contribution in [0.1, 0.15) is 0 Å². The monoisotopic (exact) mass is 504 g/mol. The van der Waals surface area contributed by atoms with Crippen molar-refractivity contribution in [1.82, 2.24) is 0 Å². The molecule has 0 bridgehead atoms. The Labute approximate surface area is 192 Å². The predicted molar refractivity (Wildman–Crippen MR) is 101 cm³/mol. The van der Waals surface area contributed by atoms with E-state index in [2.05, 4.69) is 0 Å². The molecule has 0 aromatic heterocycles. The summed E-state index contributed by atoms with van der Waals surface area (Å²) < 4.78 is 27.0. The van der Waals surface area contributed by atoms with E-state index in [1.54, 1.807) is 0 Å². The van der Waals surface area contributed by atoms with Crippen molar-refractivity contribution >= 4 is 0 Å². The Hall–Kier alpha value is -0.640. The third kappa shape index (κ3) is 4.96. The highest BCUT2D eigenvalue weighted by atomic mass is 16.8. The minimum atomic E-state index is -2.43. The van der Waals surface area contributed by atoms with Crippen molar-refractivity contribution < 1.29 is 79.9 Å². The Morgan fingerprint density at radius 2 is 1.03 bits per heavy atom. The van der Waals surface area contributed by atoms with E-state index in [1.165, 1.54) is 0 Å². The van der Waals surface area contributed by atoms with Crippen LogP contribution in [0.15, 0.2) is 0 Å². The Morgan fingerprint density at radius 3 is 1.50 bits per heavy atom. The zero-order chi connectivity index (χ0) is 25.4. The number of hydrogen-bond acceptors (Lipinski definition) is 16. The van der Waals surface area contributed by atoms with Gasteiger partial charge in [0.2, 0.25) is 5.79 Å². The van der Waals surface area contributed by atoms with Gasteiger partial charge in [0.15, 0.2) is 12.6 Å². The van der Waals surface area contributed by atoms with E-state index in [1.807, 2.05) is 0 Å². The quantitative estimate of drug-likeness (QED) is 0.146. The Kier molecular flexibility index (Phi) is 9.18. The summed E-state index contributed by atoms with van der Waals surface area (Å²) in [6.45, 7) is -3.49. The second-order valence-electron chi connectivity index (χ2n) is 8.37. The van der Waals surface area contributed by atoms with Crippen molar-refractivity contribution in [2.75, 3.05) is 26.4 Å². The van der Waals surface area contributed by atoms with Crippen molar-refractivity contribution in [2.45, 2.75) is 85.5 Å². The molecule has 3 rings (SSSR count). The normalized spacial score (nSPS) is 52.1. The van der Waals surface area contributed by atoms with Crippen molar-refractivity contribution in [3.63, 3.8) is 0 Å². The number of ether oxygens (including phenoxy) is 5. The average molecular weight is 504 g/mol. The SMILES string of the molecule is OC[C@@H]1O[C@H](O[C@@H]2[C@H](O)[C@@H](CO)O[C@]2(CO)O[C@@H]2O[C@H](CO)[C@@H](O)[C@H](O)[C@H]2O)[C@@H](O)[C@@H](O)[C@@H]1O. The van der Waals surface area contributed by atoms with E-state index in [0.717, 1.165) is 0 Å². The van der Waals surface area contributed by atoms with Crippen LogP contribution >= 0.6 is 0 Å². The van der Waals surface area contributed by atoms with Crippen LogP contribution in [0.5, 0.6) is 0 Å². The maximum Gasteiger partial charge on any atom is 0.224 e. The lowest BCUT2D eigenvalue weighted by molar-refractivity contribution is -0.400. The van der Waals surface area contributed by atoms with Gasteiger partial charge < -0.3 is 79.9 Å². The summed E-state index contributed by atoms with van der Waals surface area (Å²) in [6, 6.07) is 0. The Bertz CT molecular complexity index is 651. The van der Waals surface area contributed by atoms with Gasteiger partial charge in [-0.1, -0.05) is 0 Å². The first-order valence-electron chi connectivity index (χ1n) is 10.6. The van der Waals surface area contributed by atoms with Crippen LogP contribution in [0, 0.1) is 0 Å². The standard InChI is InChI=1S/C18H32O16/c19-1-5-8(23)11(26)13(28)16(30-5)32-15-10(25)7(3-21)33-18(15,4-22)34-17-14(29)12(27)9(24)6(2-20)31-17/h5-17,19-29H,1-4H2/t5-,6+,7+,8+,9+,10+,11-,12-,13-,14+,15+,16+,17-,18+/m0/s1. The summed E-state index contributed by atoms with van der Waals surface area (Å²) in [5.74, 6) is -2.43. The van der Waals surface area contributed by atoms with Crippen molar-refractivity contribution in [3.8, 4) is 0 Å². The zero-order valence-corrected chi connectivity index (χ0v) is 17.8. The first-order valence-corrected chi connectivity index (χ1v) is 10.6. The summed E-state index contributed by atoms with van der Waals surface area (Å²) in [6.07, 6.45) is -22.3. The molecular formula is C18H32O16. The largest absolute Gasteiger partial charge is 0.394 e. The van der Waals surface area contributed by atoms with E-state index in [-0.39, 0.29) is 0 Å². The molecule has 0 aromatic carbocycles. The number of aliphatic hydroxyl groups excluding tert-OH is 11. The van der Waals surface area contributed by atoms with E-state index in [0.29, 0.717) is 0 Å². The maximum atomic E-state index is 10.6. The third-order valence-corrected chi connectivity index (χ3v) is 6.17. The molecule has 0 amide bonds. The van der Waals surface area contributed by atoms with Gasteiger partial charge in [-0.25, -0.2) is 0 Å². The van der Waals surface area contributed by atoms with Crippen LogP contribution in [0.25, 0.3) is 0 Å². The van der Waals surface area contributed by atoms with Gasteiger partial charge in [0.25, 0.3) is 0 Å². The molecule has 0 unspecified atom stereocenters. The first kappa shape index (κ1) is 27.9. The molecule has 14 atom stereocenters. The highest BCUT2D eigenvalue weighted by molar-refractivity contribution is 5.01. The van der Waals surface area contributed by atoms with Gasteiger partial charge in [0, 0.05) is 0 Å². The molecule has 3 saturated heterocycles. The fourth-order valence-electron chi connectivity index (χ4n) is 4.12. The average Bonchev–Trinajstić information content (AvgIpc) is 3.10. The second kappa shape index (κ2) is 11.2. The van der Waals surface area contributed by atoms with Crippen molar-refractivity contribution in [3.05, 3.63) is 0 Å². The van der Waals surface area contributed by atoms with E-state index in [4.69, 9.17) is 23.7 Å². The van der Waals surface area contributed by atoms with E-state index in [9.17, 15) is 56.2 Å². The molecular weight excluding hydrogens is 472 g/mol. The molecule has 0 aliphatic carbocycles. The van der Waals surface area contributed by atoms with Crippen molar-refractivity contribution in [2.24, 2.45) is 0 Å². The molecule has 0 spiro atoms. The molecule has 3 aliphatic heterocycles. The maximum absolute atomic E-state index is 10.6. The Morgan fingerprint density at radius 1 is 0.559 bits per heavy atom. The molecule has 0 aromatic rings. The summed E-state index contributed by atoms with van der Waals surface area (Å²) in [5, 5.41) is 109. The van der Waals surface area contributed by atoms with Crippen LogP contribution in [-0.2, 0) is 23.7 Å². The topological polar surface area (TPSA) is 269 Å². The van der Waals surface area contributed by atoms with Crippen LogP contribution in [-0.4, -0.2) is 168 Å². The summed E-state index contributed by atoms with van der Waals surface area (Å²) >= 11 is 0. The van der Waals surface area contributed by atoms with E-state index >= 15 is 0 Å². The number of aliphatic hydroxyl groups is 11. The molecule has 34 heavy (non-hydrogen) atoms. The summed E-state index contributed by atoms with van der Waals surface area (Å²) in [4.78, 5) is 0. The molecule has 3 heterocycles. The second-order valence-corrected chi connectivity index (χ2v) is 8.37. The molecule has 200 valence electrons. The first-order chi connectivity index (χ1) is 16.0. The van der Waals surface area contributed by atoms with Gasteiger partial charge in [-0.3, -0.25) is 0 Å². The minimum absolute atomic E-state index is 0.777.